The highest BCUT2D eigenvalue weighted by molar-refractivity contribution is 7.59. The summed E-state index contributed by atoms with van der Waals surface area (Å²) < 4.78 is 0. The fourth-order valence-electron chi connectivity index (χ4n) is 0.838. The molecule has 12 heavy (non-hydrogen) atoms. The Balaban J connectivity index is 0. The number of hydrogen-bond acceptors (Lipinski definition) is 0. The molecule has 0 radical (unpaired) electrons. The van der Waals surface area contributed by atoms with Gasteiger partial charge in [-0.15, -0.1) is 0 Å². The number of rotatable bonds is 1. The van der Waals surface area contributed by atoms with Gasteiger partial charge in [0.25, 0.3) is 0 Å². The molecular formula is C11H20S. The van der Waals surface area contributed by atoms with Gasteiger partial charge in [0.05, 0.1) is 0 Å². The van der Waals surface area contributed by atoms with Crippen LogP contribution in [0.3, 0.4) is 0 Å². The first-order valence-electron chi connectivity index (χ1n) is 4.35. The van der Waals surface area contributed by atoms with Crippen LogP contribution >= 0.6 is 13.5 Å². The standard InChI is InChI=1S/C9H12.C2H6.H2S/c1-8(2)9-6-4-3-5-7-9;1-2;/h3-8H,1-2H3;1-2H3;1H2. The van der Waals surface area contributed by atoms with E-state index in [1.54, 1.807) is 0 Å². The van der Waals surface area contributed by atoms with Crippen molar-refractivity contribution in [1.29, 1.82) is 0 Å². The normalized spacial score (nSPS) is 8.08. The van der Waals surface area contributed by atoms with Crippen molar-refractivity contribution >= 4 is 13.5 Å². The summed E-state index contributed by atoms with van der Waals surface area (Å²) in [7, 11) is 0. The first kappa shape index (κ1) is 14.1. The first-order valence-corrected chi connectivity index (χ1v) is 4.35. The van der Waals surface area contributed by atoms with Gasteiger partial charge >= 0.3 is 0 Å². The van der Waals surface area contributed by atoms with Gasteiger partial charge in [-0.25, -0.2) is 0 Å². The van der Waals surface area contributed by atoms with Crippen LogP contribution in [-0.4, -0.2) is 0 Å². The minimum absolute atomic E-state index is 0. The maximum Gasteiger partial charge on any atom is -0.0219 e. The summed E-state index contributed by atoms with van der Waals surface area (Å²) in [6, 6.07) is 10.5. The van der Waals surface area contributed by atoms with Gasteiger partial charge in [-0.2, -0.15) is 13.5 Å². The van der Waals surface area contributed by atoms with E-state index in [2.05, 4.69) is 38.1 Å². The largest absolute Gasteiger partial charge is 0.197 e. The van der Waals surface area contributed by atoms with E-state index in [0.29, 0.717) is 5.92 Å². The Kier molecular flexibility index (Phi) is 10.2. The molecule has 0 spiro atoms. The SMILES string of the molecule is CC.CC(C)c1ccccc1.S. The van der Waals surface area contributed by atoms with E-state index in [1.807, 2.05) is 19.9 Å². The Hall–Kier alpha value is -0.430. The lowest BCUT2D eigenvalue weighted by molar-refractivity contribution is 0.867. The van der Waals surface area contributed by atoms with Gasteiger partial charge < -0.3 is 0 Å². The summed E-state index contributed by atoms with van der Waals surface area (Å²) in [6.45, 7) is 8.41. The van der Waals surface area contributed by atoms with Crippen LogP contribution in [0.5, 0.6) is 0 Å². The Morgan fingerprint density at radius 2 is 1.33 bits per heavy atom. The predicted molar refractivity (Wildman–Crippen MR) is 62.3 cm³/mol. The zero-order valence-electron chi connectivity index (χ0n) is 8.46. The fourth-order valence-corrected chi connectivity index (χ4v) is 0.838. The molecule has 1 aromatic carbocycles. The van der Waals surface area contributed by atoms with Gasteiger partial charge in [0.15, 0.2) is 0 Å². The molecule has 70 valence electrons. The van der Waals surface area contributed by atoms with E-state index in [0.717, 1.165) is 0 Å². The van der Waals surface area contributed by atoms with E-state index in [1.165, 1.54) is 5.56 Å². The van der Waals surface area contributed by atoms with Gasteiger partial charge in [0, 0.05) is 0 Å². The van der Waals surface area contributed by atoms with Gasteiger partial charge in [0.2, 0.25) is 0 Å². The zero-order chi connectivity index (χ0) is 8.69. The van der Waals surface area contributed by atoms with Crippen molar-refractivity contribution in [2.24, 2.45) is 0 Å². The van der Waals surface area contributed by atoms with Crippen LogP contribution in [0.25, 0.3) is 0 Å². The van der Waals surface area contributed by atoms with Crippen LogP contribution in [0.1, 0.15) is 39.2 Å². The van der Waals surface area contributed by atoms with E-state index in [-0.39, 0.29) is 13.5 Å². The Labute approximate surface area is 83.5 Å². The van der Waals surface area contributed by atoms with Crippen LogP contribution in [0.2, 0.25) is 0 Å². The van der Waals surface area contributed by atoms with Crippen molar-refractivity contribution in [2.75, 3.05) is 0 Å². The molecule has 1 heteroatoms. The molecule has 0 aliphatic carbocycles. The van der Waals surface area contributed by atoms with Gasteiger partial charge in [-0.3, -0.25) is 0 Å². The molecule has 0 unspecified atom stereocenters. The predicted octanol–water partition coefficient (Wildman–Crippen LogP) is 3.95. The quantitative estimate of drug-likeness (QED) is 0.620. The molecule has 0 atom stereocenters. The lowest BCUT2D eigenvalue weighted by Gasteiger charge is -2.01. The fraction of sp³-hybridized carbons (Fsp3) is 0.455. The Bertz CT molecular complexity index is 168. The van der Waals surface area contributed by atoms with Gasteiger partial charge in [0.1, 0.15) is 0 Å². The third-order valence-electron chi connectivity index (χ3n) is 1.47. The maximum absolute atomic E-state index is 2.20. The highest BCUT2D eigenvalue weighted by Gasteiger charge is 1.93. The molecule has 0 amide bonds. The van der Waals surface area contributed by atoms with Gasteiger partial charge in [-0.1, -0.05) is 58.0 Å². The Morgan fingerprint density at radius 1 is 0.917 bits per heavy atom. The third-order valence-corrected chi connectivity index (χ3v) is 1.47. The molecule has 0 bridgehead atoms. The van der Waals surface area contributed by atoms with Crippen LogP contribution in [-0.2, 0) is 0 Å². The van der Waals surface area contributed by atoms with E-state index in [4.69, 9.17) is 0 Å². The summed E-state index contributed by atoms with van der Waals surface area (Å²) >= 11 is 0. The van der Waals surface area contributed by atoms with Gasteiger partial charge in [-0.05, 0) is 11.5 Å². The molecule has 1 rings (SSSR count). The first-order chi connectivity index (χ1) is 5.30. The second-order valence-corrected chi connectivity index (χ2v) is 2.57. The van der Waals surface area contributed by atoms with Crippen molar-refractivity contribution in [3.8, 4) is 0 Å². The molecule has 0 nitrogen and oxygen atoms in total. The molecule has 0 aromatic heterocycles. The van der Waals surface area contributed by atoms with Crippen molar-refractivity contribution < 1.29 is 0 Å². The van der Waals surface area contributed by atoms with Crippen molar-refractivity contribution in [3.05, 3.63) is 35.9 Å². The van der Waals surface area contributed by atoms with Crippen molar-refractivity contribution in [1.82, 2.24) is 0 Å². The Morgan fingerprint density at radius 3 is 1.58 bits per heavy atom. The summed E-state index contributed by atoms with van der Waals surface area (Å²) in [4.78, 5) is 0. The highest BCUT2D eigenvalue weighted by Crippen LogP contribution is 2.11. The summed E-state index contributed by atoms with van der Waals surface area (Å²) in [5.41, 5.74) is 1.41. The minimum Gasteiger partial charge on any atom is -0.197 e. The number of benzene rings is 1. The van der Waals surface area contributed by atoms with Crippen molar-refractivity contribution in [2.45, 2.75) is 33.6 Å². The molecule has 1 aromatic rings. The summed E-state index contributed by atoms with van der Waals surface area (Å²) in [5, 5.41) is 0. The molecule has 0 saturated carbocycles. The minimum atomic E-state index is 0. The molecular weight excluding hydrogens is 164 g/mol. The van der Waals surface area contributed by atoms with E-state index < -0.39 is 0 Å². The highest BCUT2D eigenvalue weighted by atomic mass is 32.1. The van der Waals surface area contributed by atoms with E-state index in [9.17, 15) is 0 Å². The molecule has 0 aliphatic heterocycles. The lowest BCUT2D eigenvalue weighted by atomic mass is 10.0. The van der Waals surface area contributed by atoms with Crippen LogP contribution in [0.4, 0.5) is 0 Å². The summed E-state index contributed by atoms with van der Waals surface area (Å²) in [6.07, 6.45) is 0. The second-order valence-electron chi connectivity index (χ2n) is 2.57. The monoisotopic (exact) mass is 184 g/mol. The molecule has 0 saturated heterocycles. The molecule has 0 N–H and O–H groups in total. The average Bonchev–Trinajstić information content (AvgIpc) is 2.10. The zero-order valence-corrected chi connectivity index (χ0v) is 9.46. The average molecular weight is 184 g/mol. The third kappa shape index (κ3) is 5.25. The molecule has 0 aliphatic rings. The van der Waals surface area contributed by atoms with Crippen LogP contribution < -0.4 is 0 Å². The topological polar surface area (TPSA) is 0 Å². The number of hydrogen-bond donors (Lipinski definition) is 0. The summed E-state index contributed by atoms with van der Waals surface area (Å²) in [5.74, 6) is 0.659. The maximum atomic E-state index is 2.20. The lowest BCUT2D eigenvalue weighted by Crippen LogP contribution is -1.83. The van der Waals surface area contributed by atoms with Crippen molar-refractivity contribution in [3.63, 3.8) is 0 Å². The molecule has 0 fully saturated rings. The molecule has 0 heterocycles. The second kappa shape index (κ2) is 8.66. The van der Waals surface area contributed by atoms with Crippen LogP contribution in [0, 0.1) is 0 Å². The smallest absolute Gasteiger partial charge is 0.0219 e. The van der Waals surface area contributed by atoms with E-state index >= 15 is 0 Å². The van der Waals surface area contributed by atoms with Crippen LogP contribution in [0.15, 0.2) is 30.3 Å².